The van der Waals surface area contributed by atoms with Crippen molar-refractivity contribution in [3.8, 4) is 0 Å². The van der Waals surface area contributed by atoms with Crippen molar-refractivity contribution in [1.29, 1.82) is 0 Å². The van der Waals surface area contributed by atoms with E-state index in [1.807, 2.05) is 13.8 Å². The Balaban J connectivity index is 2.19. The van der Waals surface area contributed by atoms with Crippen molar-refractivity contribution in [1.82, 2.24) is 15.1 Å². The zero-order valence-electron chi connectivity index (χ0n) is 15.3. The first kappa shape index (κ1) is 20.4. The number of carbonyl (C=O) groups excluding carboxylic acids is 1. The maximum absolute atomic E-state index is 12.1. The second-order valence-corrected chi connectivity index (χ2v) is 6.64. The molecule has 0 bridgehead atoms. The predicted octanol–water partition coefficient (Wildman–Crippen LogP) is 0.960. The van der Waals surface area contributed by atoms with Crippen LogP contribution in [-0.4, -0.2) is 87.9 Å². The number of rotatable bonds is 12. The van der Waals surface area contributed by atoms with Gasteiger partial charge >= 0.3 is 0 Å². The molecule has 1 rings (SSSR count). The van der Waals surface area contributed by atoms with Crippen LogP contribution in [0, 0.1) is 0 Å². The average molecular weight is 329 g/mol. The Labute approximate surface area is 141 Å². The van der Waals surface area contributed by atoms with E-state index in [0.29, 0.717) is 25.7 Å². The molecule has 1 amide bonds. The van der Waals surface area contributed by atoms with Crippen LogP contribution in [0.5, 0.6) is 0 Å². The van der Waals surface area contributed by atoms with Gasteiger partial charge in [-0.25, -0.2) is 0 Å². The van der Waals surface area contributed by atoms with Crippen LogP contribution in [0.3, 0.4) is 0 Å². The molecule has 0 spiro atoms. The number of carbonyl (C=O) groups is 1. The van der Waals surface area contributed by atoms with Gasteiger partial charge in [0.05, 0.1) is 19.3 Å². The highest BCUT2D eigenvalue weighted by Crippen LogP contribution is 2.17. The number of methoxy groups -OCH3 is 1. The fourth-order valence-corrected chi connectivity index (χ4v) is 2.87. The van der Waals surface area contributed by atoms with Crippen LogP contribution in [0.1, 0.15) is 33.1 Å². The van der Waals surface area contributed by atoms with Crippen LogP contribution in [0.25, 0.3) is 0 Å². The summed E-state index contributed by atoms with van der Waals surface area (Å²) in [6.45, 7) is 9.66. The summed E-state index contributed by atoms with van der Waals surface area (Å²) in [5.74, 6) is 0.126. The van der Waals surface area contributed by atoms with E-state index in [1.165, 1.54) is 12.8 Å². The van der Waals surface area contributed by atoms with Gasteiger partial charge in [-0.3, -0.25) is 9.69 Å². The first-order valence-corrected chi connectivity index (χ1v) is 8.82. The topological polar surface area (TPSA) is 54.0 Å². The van der Waals surface area contributed by atoms with Gasteiger partial charge in [0.2, 0.25) is 5.91 Å². The van der Waals surface area contributed by atoms with E-state index in [-0.39, 0.29) is 12.0 Å². The van der Waals surface area contributed by atoms with E-state index in [9.17, 15) is 4.79 Å². The lowest BCUT2D eigenvalue weighted by Gasteiger charge is -2.28. The molecule has 1 aliphatic heterocycles. The summed E-state index contributed by atoms with van der Waals surface area (Å²) in [5, 5.41) is 3.00. The maximum Gasteiger partial charge on any atom is 0.234 e. The number of nitrogens with one attached hydrogen (secondary N) is 1. The largest absolute Gasteiger partial charge is 0.383 e. The highest BCUT2D eigenvalue weighted by Gasteiger charge is 2.26. The number of amides is 1. The summed E-state index contributed by atoms with van der Waals surface area (Å²) in [6.07, 6.45) is 3.48. The Morgan fingerprint density at radius 3 is 2.87 bits per heavy atom. The Kier molecular flexibility index (Phi) is 10.4. The molecular formula is C17H35N3O3. The highest BCUT2D eigenvalue weighted by atomic mass is 16.5. The minimum atomic E-state index is 0.126. The molecule has 1 heterocycles. The Morgan fingerprint density at radius 2 is 2.17 bits per heavy atom. The molecule has 1 N–H and O–H groups in total. The zero-order valence-corrected chi connectivity index (χ0v) is 15.3. The maximum atomic E-state index is 12.1. The van der Waals surface area contributed by atoms with Crippen LogP contribution >= 0.6 is 0 Å². The van der Waals surface area contributed by atoms with Crippen molar-refractivity contribution in [3.63, 3.8) is 0 Å². The molecule has 0 aromatic rings. The van der Waals surface area contributed by atoms with Gasteiger partial charge in [0.1, 0.15) is 0 Å². The quantitative estimate of drug-likeness (QED) is 0.541. The third-order valence-electron chi connectivity index (χ3n) is 4.14. The molecule has 1 fully saturated rings. The molecule has 0 saturated carbocycles. The van der Waals surface area contributed by atoms with Crippen molar-refractivity contribution in [2.45, 2.75) is 45.3 Å². The molecule has 0 aliphatic carbocycles. The number of hydrogen-bond acceptors (Lipinski definition) is 5. The van der Waals surface area contributed by atoms with Gasteiger partial charge in [-0.1, -0.05) is 0 Å². The van der Waals surface area contributed by atoms with Gasteiger partial charge in [0, 0.05) is 39.4 Å². The summed E-state index contributed by atoms with van der Waals surface area (Å²) >= 11 is 0. The van der Waals surface area contributed by atoms with Gasteiger partial charge in [-0.05, 0) is 46.7 Å². The second-order valence-electron chi connectivity index (χ2n) is 6.64. The van der Waals surface area contributed by atoms with E-state index < -0.39 is 0 Å². The fraction of sp³-hybridized carbons (Fsp3) is 0.941. The summed E-state index contributed by atoms with van der Waals surface area (Å²) in [7, 11) is 3.84. The molecule has 23 heavy (non-hydrogen) atoms. The molecule has 0 aromatic heterocycles. The second kappa shape index (κ2) is 11.8. The molecule has 6 heteroatoms. The first-order chi connectivity index (χ1) is 11.0. The van der Waals surface area contributed by atoms with Gasteiger partial charge in [-0.2, -0.15) is 0 Å². The molecule has 0 aromatic carbocycles. The summed E-state index contributed by atoms with van der Waals surface area (Å²) in [5.41, 5.74) is 0. The average Bonchev–Trinajstić information content (AvgIpc) is 2.91. The molecule has 0 unspecified atom stereocenters. The standard InChI is InChI=1S/C17H35N3O3/c1-15(2)23-11-6-8-18-17(21)14-20-9-5-7-16(20)13-19(3)10-12-22-4/h15-16H,5-14H2,1-4H3,(H,18,21)/t16-/m1/s1. The molecule has 1 atom stereocenters. The molecule has 0 radical (unpaired) electrons. The summed E-state index contributed by atoms with van der Waals surface area (Å²) in [6, 6.07) is 0.479. The molecule has 1 saturated heterocycles. The van der Waals surface area contributed by atoms with E-state index in [0.717, 1.165) is 32.7 Å². The van der Waals surface area contributed by atoms with Crippen molar-refractivity contribution >= 4 is 5.91 Å². The number of nitrogens with zero attached hydrogens (tertiary/aromatic N) is 2. The lowest BCUT2D eigenvalue weighted by atomic mass is 10.2. The smallest absolute Gasteiger partial charge is 0.234 e. The van der Waals surface area contributed by atoms with Crippen molar-refractivity contribution < 1.29 is 14.3 Å². The van der Waals surface area contributed by atoms with Crippen molar-refractivity contribution in [3.05, 3.63) is 0 Å². The lowest BCUT2D eigenvalue weighted by molar-refractivity contribution is -0.122. The normalized spacial score (nSPS) is 19.0. The van der Waals surface area contributed by atoms with Crippen LogP contribution in [0.15, 0.2) is 0 Å². The monoisotopic (exact) mass is 329 g/mol. The number of likely N-dealkylation sites (N-methyl/N-ethyl adjacent to an activating group) is 1. The summed E-state index contributed by atoms with van der Waals surface area (Å²) < 4.78 is 10.6. The molecule has 6 nitrogen and oxygen atoms in total. The summed E-state index contributed by atoms with van der Waals surface area (Å²) in [4.78, 5) is 16.7. The number of likely N-dealkylation sites (tertiary alicyclic amines) is 1. The van der Waals surface area contributed by atoms with Gasteiger partial charge in [-0.15, -0.1) is 0 Å². The van der Waals surface area contributed by atoms with Crippen LogP contribution in [0.2, 0.25) is 0 Å². The van der Waals surface area contributed by atoms with E-state index in [4.69, 9.17) is 9.47 Å². The minimum absolute atomic E-state index is 0.126. The molecule has 1 aliphatic rings. The zero-order chi connectivity index (χ0) is 17.1. The Bertz CT molecular complexity index is 326. The SMILES string of the molecule is COCCN(C)C[C@H]1CCCN1CC(=O)NCCCOC(C)C. The third kappa shape index (κ3) is 9.25. The minimum Gasteiger partial charge on any atom is -0.383 e. The molecule has 136 valence electrons. The number of ether oxygens (including phenoxy) is 2. The van der Waals surface area contributed by atoms with Gasteiger partial charge in [0.25, 0.3) is 0 Å². The lowest BCUT2D eigenvalue weighted by Crippen LogP contribution is -2.44. The van der Waals surface area contributed by atoms with E-state index in [2.05, 4.69) is 22.2 Å². The first-order valence-electron chi connectivity index (χ1n) is 8.82. The third-order valence-corrected chi connectivity index (χ3v) is 4.14. The highest BCUT2D eigenvalue weighted by molar-refractivity contribution is 5.78. The van der Waals surface area contributed by atoms with Crippen LogP contribution < -0.4 is 5.32 Å². The molecular weight excluding hydrogens is 294 g/mol. The van der Waals surface area contributed by atoms with Crippen LogP contribution in [0.4, 0.5) is 0 Å². The van der Waals surface area contributed by atoms with Crippen molar-refractivity contribution in [2.75, 3.05) is 60.1 Å². The van der Waals surface area contributed by atoms with Gasteiger partial charge < -0.3 is 19.7 Å². The Hall–Kier alpha value is -0.690. The number of hydrogen-bond donors (Lipinski definition) is 1. The predicted molar refractivity (Wildman–Crippen MR) is 92.7 cm³/mol. The van der Waals surface area contributed by atoms with E-state index >= 15 is 0 Å². The van der Waals surface area contributed by atoms with E-state index in [1.54, 1.807) is 7.11 Å². The van der Waals surface area contributed by atoms with Crippen LogP contribution in [-0.2, 0) is 14.3 Å². The Morgan fingerprint density at radius 1 is 1.39 bits per heavy atom. The van der Waals surface area contributed by atoms with Gasteiger partial charge in [0.15, 0.2) is 0 Å². The van der Waals surface area contributed by atoms with Crippen molar-refractivity contribution in [2.24, 2.45) is 0 Å². The fourth-order valence-electron chi connectivity index (χ4n) is 2.87.